The zero-order valence-electron chi connectivity index (χ0n) is 16.4. The fraction of sp³-hybridized carbons (Fsp3) is 0.190. The van der Waals surface area contributed by atoms with E-state index in [4.69, 9.17) is 23.2 Å². The highest BCUT2D eigenvalue weighted by Crippen LogP contribution is 2.26. The van der Waals surface area contributed by atoms with Gasteiger partial charge < -0.3 is 9.88 Å². The lowest BCUT2D eigenvalue weighted by atomic mass is 10.2. The molecule has 0 saturated heterocycles. The van der Waals surface area contributed by atoms with Crippen LogP contribution in [0.4, 0.5) is 5.69 Å². The highest BCUT2D eigenvalue weighted by atomic mass is 127. The molecule has 10 heteroatoms. The molecule has 5 nitrogen and oxygen atoms in total. The number of hydrogen-bond acceptors (Lipinski definition) is 5. The van der Waals surface area contributed by atoms with Gasteiger partial charge in [0.15, 0.2) is 5.16 Å². The summed E-state index contributed by atoms with van der Waals surface area (Å²) in [6, 6.07) is 13.3. The first-order valence-corrected chi connectivity index (χ1v) is 13.2. The maximum atomic E-state index is 12.3. The molecule has 0 aliphatic rings. The summed E-state index contributed by atoms with van der Waals surface area (Å²) >= 11 is 17.3. The number of aromatic nitrogens is 3. The molecular weight excluding hydrogens is 586 g/mol. The average molecular weight is 605 g/mol. The third-order valence-corrected chi connectivity index (χ3v) is 7.47. The van der Waals surface area contributed by atoms with Gasteiger partial charge in [-0.25, -0.2) is 0 Å². The van der Waals surface area contributed by atoms with Crippen LogP contribution in [0.2, 0.25) is 10.0 Å². The fourth-order valence-corrected chi connectivity index (χ4v) is 4.96. The number of thioether (sulfide) groups is 2. The second-order valence-corrected chi connectivity index (χ2v) is 10.4. The van der Waals surface area contributed by atoms with E-state index in [2.05, 4.69) is 44.7 Å². The number of amides is 1. The summed E-state index contributed by atoms with van der Waals surface area (Å²) < 4.78 is 3.10. The van der Waals surface area contributed by atoms with Crippen molar-refractivity contribution in [3.8, 4) is 0 Å². The molecule has 1 heterocycles. The number of hydrogen-bond donors (Lipinski definition) is 1. The summed E-state index contributed by atoms with van der Waals surface area (Å²) in [6.45, 7) is 4.40. The minimum atomic E-state index is -0.0881. The highest BCUT2D eigenvalue weighted by molar-refractivity contribution is 14.1. The normalized spacial score (nSPS) is 10.8. The van der Waals surface area contributed by atoms with Crippen LogP contribution >= 0.6 is 69.3 Å². The first-order valence-electron chi connectivity index (χ1n) is 9.19. The van der Waals surface area contributed by atoms with Crippen molar-refractivity contribution in [2.75, 3.05) is 11.1 Å². The van der Waals surface area contributed by atoms with Gasteiger partial charge in [0, 0.05) is 21.6 Å². The Morgan fingerprint density at radius 3 is 2.61 bits per heavy atom. The van der Waals surface area contributed by atoms with Crippen LogP contribution in [-0.4, -0.2) is 26.4 Å². The highest BCUT2D eigenvalue weighted by Gasteiger charge is 2.14. The van der Waals surface area contributed by atoms with Gasteiger partial charge >= 0.3 is 0 Å². The number of benzene rings is 2. The smallest absolute Gasteiger partial charge is 0.234 e. The van der Waals surface area contributed by atoms with Crippen LogP contribution in [0.1, 0.15) is 11.4 Å². The molecule has 3 aromatic rings. The predicted octanol–water partition coefficient (Wildman–Crippen LogP) is 6.54. The lowest BCUT2D eigenvalue weighted by Crippen LogP contribution is -2.14. The molecule has 0 fully saturated rings. The number of nitrogens with zero attached hydrogens (tertiary/aromatic N) is 3. The topological polar surface area (TPSA) is 59.8 Å². The molecule has 1 N–H and O–H groups in total. The van der Waals surface area contributed by atoms with E-state index in [1.54, 1.807) is 23.9 Å². The van der Waals surface area contributed by atoms with Crippen LogP contribution in [0, 0.1) is 3.57 Å². The molecule has 3 rings (SSSR count). The number of anilines is 1. The Kier molecular flexibility index (Phi) is 9.58. The molecule has 0 spiro atoms. The average Bonchev–Trinajstić information content (AvgIpc) is 3.13. The molecule has 0 bridgehead atoms. The summed E-state index contributed by atoms with van der Waals surface area (Å²) in [6.07, 6.45) is 1.80. The number of rotatable bonds is 10. The minimum Gasteiger partial charge on any atom is -0.325 e. The molecule has 0 aliphatic heterocycles. The molecule has 0 saturated carbocycles. The second kappa shape index (κ2) is 12.2. The summed E-state index contributed by atoms with van der Waals surface area (Å²) in [5.41, 5.74) is 1.87. The van der Waals surface area contributed by atoms with Crippen LogP contribution in [0.25, 0.3) is 0 Å². The monoisotopic (exact) mass is 604 g/mol. The maximum Gasteiger partial charge on any atom is 0.234 e. The van der Waals surface area contributed by atoms with Crippen molar-refractivity contribution in [3.63, 3.8) is 0 Å². The van der Waals surface area contributed by atoms with Gasteiger partial charge in [0.25, 0.3) is 0 Å². The molecule has 0 atom stereocenters. The Labute approximate surface area is 213 Å². The van der Waals surface area contributed by atoms with E-state index in [1.165, 1.54) is 11.8 Å². The summed E-state index contributed by atoms with van der Waals surface area (Å²) in [5.74, 6) is 2.45. The van der Waals surface area contributed by atoms with Gasteiger partial charge in [-0.05, 0) is 64.6 Å². The quantitative estimate of drug-likeness (QED) is 0.162. The first-order chi connectivity index (χ1) is 15.0. The Morgan fingerprint density at radius 2 is 1.90 bits per heavy atom. The SMILES string of the molecule is C=CCn1c(CSCc2ccc(Cl)c(Cl)c2)nnc1SCC(=O)Nc1ccc(I)cc1. The minimum absolute atomic E-state index is 0.0881. The van der Waals surface area contributed by atoms with Crippen LogP contribution in [0.15, 0.2) is 60.3 Å². The third-order valence-electron chi connectivity index (χ3n) is 4.05. The van der Waals surface area contributed by atoms with E-state index in [0.717, 1.165) is 26.4 Å². The molecule has 2 aromatic carbocycles. The van der Waals surface area contributed by atoms with Crippen LogP contribution < -0.4 is 5.32 Å². The van der Waals surface area contributed by atoms with Crippen molar-refractivity contribution in [2.45, 2.75) is 23.2 Å². The van der Waals surface area contributed by atoms with Crippen molar-refractivity contribution in [2.24, 2.45) is 0 Å². The molecule has 0 aliphatic carbocycles. The van der Waals surface area contributed by atoms with Gasteiger partial charge in [-0.15, -0.1) is 28.5 Å². The molecule has 0 radical (unpaired) electrons. The zero-order valence-corrected chi connectivity index (χ0v) is 21.7. The largest absolute Gasteiger partial charge is 0.325 e. The zero-order chi connectivity index (χ0) is 22.2. The van der Waals surface area contributed by atoms with Gasteiger partial charge in [0.05, 0.1) is 21.6 Å². The predicted molar refractivity (Wildman–Crippen MR) is 140 cm³/mol. The molecule has 162 valence electrons. The lowest BCUT2D eigenvalue weighted by Gasteiger charge is -2.08. The molecule has 31 heavy (non-hydrogen) atoms. The number of carbonyl (C=O) groups excluding carboxylic acids is 1. The Bertz CT molecular complexity index is 1060. The van der Waals surface area contributed by atoms with E-state index in [9.17, 15) is 4.79 Å². The first kappa shape index (κ1) is 24.4. The Morgan fingerprint density at radius 1 is 1.13 bits per heavy atom. The van der Waals surface area contributed by atoms with Gasteiger partial charge in [-0.2, -0.15) is 0 Å². The van der Waals surface area contributed by atoms with Crippen LogP contribution in [-0.2, 0) is 22.8 Å². The van der Waals surface area contributed by atoms with Crippen molar-refractivity contribution in [3.05, 3.63) is 80.1 Å². The Hall–Kier alpha value is -1.20. The van der Waals surface area contributed by atoms with Crippen LogP contribution in [0.3, 0.4) is 0 Å². The molecule has 0 unspecified atom stereocenters. The Balaban J connectivity index is 1.56. The second-order valence-electron chi connectivity index (χ2n) is 6.38. The standard InChI is InChI=1S/C21H19Cl2IN4OS2/c1-2-9-28-19(12-30-11-14-3-8-17(22)18(23)10-14)26-27-21(28)31-13-20(29)25-16-6-4-15(24)5-7-16/h2-8,10H,1,9,11-13H2,(H,25,29). The van der Waals surface area contributed by atoms with Crippen LogP contribution in [0.5, 0.6) is 0 Å². The van der Waals surface area contributed by atoms with E-state index in [0.29, 0.717) is 27.5 Å². The van der Waals surface area contributed by atoms with Gasteiger partial charge in [-0.1, -0.05) is 47.1 Å². The van der Waals surface area contributed by atoms with E-state index >= 15 is 0 Å². The van der Waals surface area contributed by atoms with Crippen molar-refractivity contribution in [1.29, 1.82) is 0 Å². The summed E-state index contributed by atoms with van der Waals surface area (Å²) in [5, 5.41) is 13.3. The number of allylic oxidation sites excluding steroid dienone is 1. The molecule has 1 amide bonds. The fourth-order valence-electron chi connectivity index (χ4n) is 2.59. The third kappa shape index (κ3) is 7.42. The number of carbonyl (C=O) groups is 1. The lowest BCUT2D eigenvalue weighted by molar-refractivity contribution is -0.113. The van der Waals surface area contributed by atoms with Gasteiger partial charge in [0.2, 0.25) is 5.91 Å². The van der Waals surface area contributed by atoms with E-state index < -0.39 is 0 Å². The van der Waals surface area contributed by atoms with Crippen molar-refractivity contribution < 1.29 is 4.79 Å². The van der Waals surface area contributed by atoms with Gasteiger partial charge in [-0.3, -0.25) is 4.79 Å². The van der Waals surface area contributed by atoms with Crippen molar-refractivity contribution in [1.82, 2.24) is 14.8 Å². The van der Waals surface area contributed by atoms with Gasteiger partial charge in [0.1, 0.15) is 5.82 Å². The van der Waals surface area contributed by atoms with E-state index in [1.807, 2.05) is 41.0 Å². The number of halogens is 3. The van der Waals surface area contributed by atoms with Crippen molar-refractivity contribution >= 4 is 80.9 Å². The summed E-state index contributed by atoms with van der Waals surface area (Å²) in [7, 11) is 0. The molecule has 1 aromatic heterocycles. The maximum absolute atomic E-state index is 12.3. The number of nitrogens with one attached hydrogen (secondary N) is 1. The molecular formula is C21H19Cl2IN4OS2. The van der Waals surface area contributed by atoms with E-state index in [-0.39, 0.29) is 11.7 Å². The summed E-state index contributed by atoms with van der Waals surface area (Å²) in [4.78, 5) is 12.3.